The van der Waals surface area contributed by atoms with Crippen LogP contribution in [0.2, 0.25) is 0 Å². The second kappa shape index (κ2) is 5.99. The van der Waals surface area contributed by atoms with Gasteiger partial charge in [-0.2, -0.15) is 0 Å². The van der Waals surface area contributed by atoms with Gasteiger partial charge in [0.25, 0.3) is 0 Å². The summed E-state index contributed by atoms with van der Waals surface area (Å²) >= 11 is 0. The van der Waals surface area contributed by atoms with Gasteiger partial charge in [-0.05, 0) is 18.3 Å². The van der Waals surface area contributed by atoms with Crippen LogP contribution in [0.5, 0.6) is 0 Å². The van der Waals surface area contributed by atoms with Crippen molar-refractivity contribution in [2.45, 2.75) is 45.4 Å². The minimum absolute atomic E-state index is 0.462. The van der Waals surface area contributed by atoms with E-state index in [9.17, 15) is 0 Å². The fraction of sp³-hybridized carbons (Fsp3) is 0.917. The standard InChI is InChI=1S/C12H25N3/c1-12(8-6-4-5-7-9-12)10-15-11(13-2)14-3/h4-10H2,1-3H3,(H2,13,14,15). The number of nitrogens with zero attached hydrogens (tertiary/aromatic N) is 1. The molecule has 15 heavy (non-hydrogen) atoms. The Labute approximate surface area is 93.7 Å². The molecule has 0 saturated heterocycles. The normalized spacial score (nSPS) is 21.9. The molecule has 0 amide bonds. The number of hydrogen-bond donors (Lipinski definition) is 2. The zero-order chi connectivity index (χ0) is 11.1. The largest absolute Gasteiger partial charge is 0.359 e. The Balaban J connectivity index is 2.40. The number of aliphatic imine (C=N–C) groups is 1. The van der Waals surface area contributed by atoms with Crippen LogP contribution in [0.15, 0.2) is 4.99 Å². The average Bonchev–Trinajstić information content (AvgIpc) is 2.45. The first-order valence-corrected chi connectivity index (χ1v) is 6.09. The van der Waals surface area contributed by atoms with Crippen LogP contribution in [0.1, 0.15) is 45.4 Å². The molecule has 1 fully saturated rings. The molecule has 0 heterocycles. The summed E-state index contributed by atoms with van der Waals surface area (Å²) in [5.41, 5.74) is 0.462. The van der Waals surface area contributed by atoms with Gasteiger partial charge in [0.05, 0.1) is 0 Å². The molecule has 88 valence electrons. The molecule has 0 aromatic rings. The van der Waals surface area contributed by atoms with E-state index in [1.165, 1.54) is 38.5 Å². The first-order chi connectivity index (χ1) is 7.20. The first-order valence-electron chi connectivity index (χ1n) is 6.09. The van der Waals surface area contributed by atoms with Crippen LogP contribution in [-0.4, -0.2) is 26.6 Å². The van der Waals surface area contributed by atoms with Gasteiger partial charge in [0, 0.05) is 20.6 Å². The fourth-order valence-corrected chi connectivity index (χ4v) is 2.34. The Bertz CT molecular complexity index is 203. The lowest BCUT2D eigenvalue weighted by molar-refractivity contribution is 0.277. The molecule has 0 spiro atoms. The third-order valence-electron chi connectivity index (χ3n) is 3.45. The van der Waals surface area contributed by atoms with Crippen molar-refractivity contribution >= 4 is 5.96 Å². The second-order valence-corrected chi connectivity index (χ2v) is 4.90. The topological polar surface area (TPSA) is 36.4 Å². The Morgan fingerprint density at radius 2 is 1.80 bits per heavy atom. The van der Waals surface area contributed by atoms with Crippen LogP contribution >= 0.6 is 0 Å². The third-order valence-corrected chi connectivity index (χ3v) is 3.45. The van der Waals surface area contributed by atoms with E-state index >= 15 is 0 Å². The summed E-state index contributed by atoms with van der Waals surface area (Å²) in [6.45, 7) is 3.44. The van der Waals surface area contributed by atoms with Gasteiger partial charge in [-0.1, -0.05) is 32.6 Å². The van der Waals surface area contributed by atoms with E-state index in [0.717, 1.165) is 12.5 Å². The van der Waals surface area contributed by atoms with Gasteiger partial charge in [0.2, 0.25) is 0 Å². The number of hydrogen-bond acceptors (Lipinski definition) is 1. The highest BCUT2D eigenvalue weighted by molar-refractivity contribution is 5.79. The van der Waals surface area contributed by atoms with E-state index in [2.05, 4.69) is 22.5 Å². The Hall–Kier alpha value is -0.730. The van der Waals surface area contributed by atoms with Gasteiger partial charge >= 0.3 is 0 Å². The number of guanidine groups is 1. The van der Waals surface area contributed by atoms with E-state index in [4.69, 9.17) is 0 Å². The lowest BCUT2D eigenvalue weighted by atomic mass is 9.82. The minimum atomic E-state index is 0.462. The quantitative estimate of drug-likeness (QED) is 0.417. The maximum atomic E-state index is 4.14. The zero-order valence-electron chi connectivity index (χ0n) is 10.4. The van der Waals surface area contributed by atoms with Gasteiger partial charge in [-0.3, -0.25) is 4.99 Å². The molecular weight excluding hydrogens is 186 g/mol. The SMILES string of the molecule is CN=C(NC)NCC1(C)CCCCCC1. The first kappa shape index (κ1) is 12.3. The van der Waals surface area contributed by atoms with Crippen molar-refractivity contribution in [2.24, 2.45) is 10.4 Å². The van der Waals surface area contributed by atoms with Gasteiger partial charge < -0.3 is 10.6 Å². The molecule has 1 rings (SSSR count). The van der Waals surface area contributed by atoms with Crippen LogP contribution in [-0.2, 0) is 0 Å². The third kappa shape index (κ3) is 4.10. The Morgan fingerprint density at radius 1 is 1.20 bits per heavy atom. The molecule has 0 aromatic carbocycles. The fourth-order valence-electron chi connectivity index (χ4n) is 2.34. The monoisotopic (exact) mass is 211 g/mol. The molecule has 0 atom stereocenters. The molecule has 1 aliphatic carbocycles. The molecule has 1 saturated carbocycles. The van der Waals surface area contributed by atoms with E-state index in [0.29, 0.717) is 5.41 Å². The molecule has 2 N–H and O–H groups in total. The number of nitrogens with one attached hydrogen (secondary N) is 2. The van der Waals surface area contributed by atoms with Crippen molar-refractivity contribution in [3.63, 3.8) is 0 Å². The highest BCUT2D eigenvalue weighted by atomic mass is 15.2. The van der Waals surface area contributed by atoms with Crippen LogP contribution in [0.25, 0.3) is 0 Å². The predicted octanol–water partition coefficient (Wildman–Crippen LogP) is 2.14. The molecular formula is C12H25N3. The lowest BCUT2D eigenvalue weighted by Gasteiger charge is -2.28. The van der Waals surface area contributed by atoms with E-state index in [1.54, 1.807) is 0 Å². The Morgan fingerprint density at radius 3 is 2.27 bits per heavy atom. The molecule has 0 radical (unpaired) electrons. The molecule has 0 aromatic heterocycles. The van der Waals surface area contributed by atoms with Crippen molar-refractivity contribution in [3.8, 4) is 0 Å². The van der Waals surface area contributed by atoms with Crippen LogP contribution in [0.4, 0.5) is 0 Å². The summed E-state index contributed by atoms with van der Waals surface area (Å²) in [7, 11) is 3.72. The summed E-state index contributed by atoms with van der Waals surface area (Å²) in [5.74, 6) is 0.903. The summed E-state index contributed by atoms with van der Waals surface area (Å²) in [5, 5.41) is 6.46. The van der Waals surface area contributed by atoms with E-state index in [1.807, 2.05) is 14.1 Å². The summed E-state index contributed by atoms with van der Waals surface area (Å²) in [4.78, 5) is 4.14. The Kier molecular flexibility index (Phi) is 4.92. The van der Waals surface area contributed by atoms with Crippen molar-refractivity contribution < 1.29 is 0 Å². The van der Waals surface area contributed by atoms with Crippen molar-refractivity contribution in [2.75, 3.05) is 20.6 Å². The minimum Gasteiger partial charge on any atom is -0.359 e. The van der Waals surface area contributed by atoms with Crippen LogP contribution in [0.3, 0.4) is 0 Å². The maximum Gasteiger partial charge on any atom is 0.190 e. The van der Waals surface area contributed by atoms with Crippen molar-refractivity contribution in [1.29, 1.82) is 0 Å². The molecule has 0 unspecified atom stereocenters. The molecule has 1 aliphatic rings. The van der Waals surface area contributed by atoms with Crippen LogP contribution < -0.4 is 10.6 Å². The van der Waals surface area contributed by atoms with Crippen LogP contribution in [0, 0.1) is 5.41 Å². The summed E-state index contributed by atoms with van der Waals surface area (Å²) < 4.78 is 0. The highest BCUT2D eigenvalue weighted by Crippen LogP contribution is 2.33. The highest BCUT2D eigenvalue weighted by Gasteiger charge is 2.25. The predicted molar refractivity (Wildman–Crippen MR) is 66.2 cm³/mol. The van der Waals surface area contributed by atoms with E-state index in [-0.39, 0.29) is 0 Å². The molecule has 0 bridgehead atoms. The van der Waals surface area contributed by atoms with Gasteiger partial charge in [-0.15, -0.1) is 0 Å². The van der Waals surface area contributed by atoms with Gasteiger partial charge in [-0.25, -0.2) is 0 Å². The van der Waals surface area contributed by atoms with Gasteiger partial charge in [0.1, 0.15) is 0 Å². The van der Waals surface area contributed by atoms with Gasteiger partial charge in [0.15, 0.2) is 5.96 Å². The van der Waals surface area contributed by atoms with Crippen molar-refractivity contribution in [1.82, 2.24) is 10.6 Å². The maximum absolute atomic E-state index is 4.14. The second-order valence-electron chi connectivity index (χ2n) is 4.90. The smallest absolute Gasteiger partial charge is 0.190 e. The molecule has 3 heteroatoms. The lowest BCUT2D eigenvalue weighted by Crippen LogP contribution is -2.41. The average molecular weight is 211 g/mol. The molecule has 3 nitrogen and oxygen atoms in total. The zero-order valence-corrected chi connectivity index (χ0v) is 10.4. The summed E-state index contributed by atoms with van der Waals surface area (Å²) in [6, 6.07) is 0. The molecule has 0 aliphatic heterocycles. The summed E-state index contributed by atoms with van der Waals surface area (Å²) in [6.07, 6.45) is 8.29. The number of rotatable bonds is 2. The van der Waals surface area contributed by atoms with E-state index < -0.39 is 0 Å². The van der Waals surface area contributed by atoms with Crippen molar-refractivity contribution in [3.05, 3.63) is 0 Å².